The zero-order valence-corrected chi connectivity index (χ0v) is 11.3. The van der Waals surface area contributed by atoms with Gasteiger partial charge in [-0.05, 0) is 6.42 Å². The van der Waals surface area contributed by atoms with E-state index in [1.807, 2.05) is 18.2 Å². The Hall–Kier alpha value is -0.250. The van der Waals surface area contributed by atoms with E-state index in [1.165, 1.54) is 0 Å². The predicted octanol–water partition coefficient (Wildman–Crippen LogP) is -1.31. The molecule has 2 N–H and O–H groups in total. The molecule has 4 nitrogen and oxygen atoms in total. The van der Waals surface area contributed by atoms with Gasteiger partial charge >= 0.3 is 44.2 Å². The first-order valence-electron chi connectivity index (χ1n) is 3.84. The number of aryl methyl sites for hydroxylation is 1. The van der Waals surface area contributed by atoms with Gasteiger partial charge in [0.25, 0.3) is 0 Å². The molecule has 0 heterocycles. The Labute approximate surface area is 112 Å². The Morgan fingerprint density at radius 1 is 1.47 bits per heavy atom. The van der Waals surface area contributed by atoms with Crippen molar-refractivity contribution in [1.29, 1.82) is 0 Å². The van der Waals surface area contributed by atoms with E-state index < -0.39 is 14.7 Å². The normalized spacial score (nSPS) is 8.33. The maximum atomic E-state index is 10.2. The summed E-state index contributed by atoms with van der Waals surface area (Å²) >= 11 is 0. The second kappa shape index (κ2) is 11.8. The molecular weight excluding hydrogens is 226 g/mol. The molecular formula is C9H10NaO4P. The van der Waals surface area contributed by atoms with E-state index in [0.29, 0.717) is 6.42 Å². The summed E-state index contributed by atoms with van der Waals surface area (Å²) in [6.45, 7) is 0. The van der Waals surface area contributed by atoms with Crippen molar-refractivity contribution in [1.82, 2.24) is 0 Å². The third-order valence-electron chi connectivity index (χ3n) is 1.38. The first-order valence-corrected chi connectivity index (χ1v) is 4.61. The average Bonchev–Trinajstić information content (AvgIpc) is 2.18. The second-order valence-electron chi connectivity index (χ2n) is 2.36. The predicted molar refractivity (Wildman–Crippen MR) is 51.1 cm³/mol. The van der Waals surface area contributed by atoms with Crippen molar-refractivity contribution >= 4 is 14.7 Å². The molecule has 0 aliphatic carbocycles. The van der Waals surface area contributed by atoms with Crippen LogP contribution in [0.1, 0.15) is 12.0 Å². The summed E-state index contributed by atoms with van der Waals surface area (Å²) in [4.78, 5) is 17.1. The van der Waals surface area contributed by atoms with Crippen LogP contribution in [-0.2, 0) is 15.8 Å². The summed E-state index contributed by atoms with van der Waals surface area (Å²) in [5, 5.41) is 8.36. The van der Waals surface area contributed by atoms with Crippen LogP contribution in [-0.4, -0.2) is 16.0 Å². The van der Waals surface area contributed by atoms with Crippen molar-refractivity contribution < 1.29 is 48.9 Å². The second-order valence-corrected chi connectivity index (χ2v) is 2.53. The molecule has 15 heavy (non-hydrogen) atoms. The number of aliphatic carboxylic acids is 1. The summed E-state index contributed by atoms with van der Waals surface area (Å²) in [6, 6.07) is 10.4. The van der Waals surface area contributed by atoms with Crippen LogP contribution in [0.2, 0.25) is 0 Å². The molecule has 1 aromatic rings. The molecule has 0 unspecified atom stereocenters. The smallest absolute Gasteiger partial charge is 0.481 e. The van der Waals surface area contributed by atoms with Gasteiger partial charge in [-0.15, -0.1) is 0 Å². The molecule has 1 aromatic carbocycles. The third kappa shape index (κ3) is 11.7. The summed E-state index contributed by atoms with van der Waals surface area (Å²) < 4.78 is 8.46. The molecule has 0 atom stereocenters. The summed E-state index contributed by atoms with van der Waals surface area (Å²) in [5.41, 5.74) is 0.954. The number of rotatable bonds is 3. The van der Waals surface area contributed by atoms with Gasteiger partial charge < -0.3 is 10.00 Å². The largest absolute Gasteiger partial charge is 1.00 e. The molecule has 6 heteroatoms. The van der Waals surface area contributed by atoms with Gasteiger partial charge in [0, 0.05) is 6.42 Å². The monoisotopic (exact) mass is 236 g/mol. The summed E-state index contributed by atoms with van der Waals surface area (Å²) in [7, 11) is -0.833. The van der Waals surface area contributed by atoms with Crippen molar-refractivity contribution in [3.8, 4) is 0 Å². The van der Waals surface area contributed by atoms with Gasteiger partial charge in [-0.2, -0.15) is 35.9 Å². The molecule has 0 radical (unpaired) electrons. The van der Waals surface area contributed by atoms with Crippen LogP contribution in [0, 0.1) is 6.07 Å². The van der Waals surface area contributed by atoms with Crippen LogP contribution >= 0.6 is 8.69 Å². The standard InChI is InChI=1S/C9H9O2.Na.HO2P/c10-9(11)7-6-8-4-2-1-3-5-8;;1-3-2/h1-4H,6-7H2,(H,10,11);;(H,1,2)/q-1;+1;. The first kappa shape index (κ1) is 17.2. The number of carbonyl (C=O) groups is 1. The fraction of sp³-hybridized carbons (Fsp3) is 0.222. The average molecular weight is 236 g/mol. The Kier molecular flexibility index (Phi) is 13.5. The van der Waals surface area contributed by atoms with E-state index in [4.69, 9.17) is 14.6 Å². The molecule has 0 bridgehead atoms. The van der Waals surface area contributed by atoms with Crippen LogP contribution in [0.5, 0.6) is 0 Å². The summed E-state index contributed by atoms with van der Waals surface area (Å²) in [6.07, 6.45) is 0.747. The Morgan fingerprint density at radius 3 is 2.47 bits per heavy atom. The van der Waals surface area contributed by atoms with Crippen LogP contribution in [0.3, 0.4) is 0 Å². The van der Waals surface area contributed by atoms with Crippen molar-refractivity contribution in [3.05, 3.63) is 35.9 Å². The minimum atomic E-state index is -0.833. The number of hydrogen-bond donors (Lipinski definition) is 2. The van der Waals surface area contributed by atoms with Crippen LogP contribution < -0.4 is 29.6 Å². The van der Waals surface area contributed by atoms with E-state index in [1.54, 1.807) is 6.07 Å². The fourth-order valence-electron chi connectivity index (χ4n) is 0.828. The molecule has 1 rings (SSSR count). The zero-order chi connectivity index (χ0) is 10.8. The van der Waals surface area contributed by atoms with E-state index in [0.717, 1.165) is 5.56 Å². The number of benzene rings is 1. The maximum Gasteiger partial charge on any atom is 1.00 e. The Balaban J connectivity index is 0. The van der Waals surface area contributed by atoms with Crippen LogP contribution in [0.15, 0.2) is 24.3 Å². The van der Waals surface area contributed by atoms with Crippen molar-refractivity contribution in [3.63, 3.8) is 0 Å². The quantitative estimate of drug-likeness (QED) is 0.388. The molecule has 0 amide bonds. The van der Waals surface area contributed by atoms with Gasteiger partial charge in [0.15, 0.2) is 0 Å². The zero-order valence-electron chi connectivity index (χ0n) is 8.38. The molecule has 0 aromatic heterocycles. The van der Waals surface area contributed by atoms with Gasteiger partial charge in [0.1, 0.15) is 0 Å². The molecule has 0 aliphatic rings. The number of carboxylic acid groups (broad SMARTS) is 1. The minimum absolute atomic E-state index is 0. The maximum absolute atomic E-state index is 10.2. The summed E-state index contributed by atoms with van der Waals surface area (Å²) in [5.74, 6) is -0.762. The van der Waals surface area contributed by atoms with Gasteiger partial charge in [-0.3, -0.25) is 4.79 Å². The van der Waals surface area contributed by atoms with E-state index in [2.05, 4.69) is 6.07 Å². The number of carboxylic acids is 1. The van der Waals surface area contributed by atoms with Gasteiger partial charge in [0.05, 0.1) is 0 Å². The van der Waals surface area contributed by atoms with Crippen molar-refractivity contribution in [2.24, 2.45) is 0 Å². The van der Waals surface area contributed by atoms with Crippen molar-refractivity contribution in [2.75, 3.05) is 0 Å². The van der Waals surface area contributed by atoms with Crippen LogP contribution in [0.25, 0.3) is 0 Å². The molecule has 0 spiro atoms. The van der Waals surface area contributed by atoms with Gasteiger partial charge in [0.2, 0.25) is 0 Å². The molecule has 0 saturated carbocycles. The van der Waals surface area contributed by atoms with E-state index >= 15 is 0 Å². The molecule has 0 aliphatic heterocycles. The molecule has 0 saturated heterocycles. The topological polar surface area (TPSA) is 74.6 Å². The van der Waals surface area contributed by atoms with Gasteiger partial charge in [-0.1, -0.05) is 0 Å². The molecule has 0 fully saturated rings. The van der Waals surface area contributed by atoms with E-state index in [9.17, 15) is 4.79 Å². The fourth-order valence-corrected chi connectivity index (χ4v) is 0.828. The SMILES string of the molecule is O=C(O)CCc1[c-]cccc1.O=PO.[Na+]. The van der Waals surface area contributed by atoms with Crippen LogP contribution in [0.4, 0.5) is 0 Å². The Bertz CT molecular complexity index is 279. The Morgan fingerprint density at radius 2 is 2.07 bits per heavy atom. The third-order valence-corrected chi connectivity index (χ3v) is 1.38. The number of hydrogen-bond acceptors (Lipinski definition) is 2. The van der Waals surface area contributed by atoms with Crippen molar-refractivity contribution in [2.45, 2.75) is 12.8 Å². The van der Waals surface area contributed by atoms with E-state index in [-0.39, 0.29) is 36.0 Å². The minimum Gasteiger partial charge on any atom is -0.481 e. The molecule has 76 valence electrons. The van der Waals surface area contributed by atoms with Gasteiger partial charge in [-0.25, -0.2) is 4.57 Å². The first-order chi connectivity index (χ1) is 6.70.